The van der Waals surface area contributed by atoms with E-state index in [2.05, 4.69) is 167 Å². The van der Waals surface area contributed by atoms with Crippen LogP contribution in [0.25, 0.3) is 0 Å². The summed E-state index contributed by atoms with van der Waals surface area (Å²) in [6.45, 7) is 6.37. The lowest BCUT2D eigenvalue weighted by Crippen LogP contribution is -2.30. The van der Waals surface area contributed by atoms with Crippen LogP contribution in [0, 0.1) is 0 Å². The first-order valence-corrected chi connectivity index (χ1v) is 32.3. The van der Waals surface area contributed by atoms with Crippen LogP contribution >= 0.6 is 0 Å². The first kappa shape index (κ1) is 74.3. The molecular weight excluding hydrogens is 973 g/mol. The molecule has 6 nitrogen and oxygen atoms in total. The molecule has 79 heavy (non-hydrogen) atoms. The third-order valence-corrected chi connectivity index (χ3v) is 13.3. The van der Waals surface area contributed by atoms with Gasteiger partial charge in [0, 0.05) is 19.3 Å². The number of hydrogen-bond donors (Lipinski definition) is 0. The Morgan fingerprint density at radius 3 is 0.772 bits per heavy atom. The molecule has 0 aromatic heterocycles. The summed E-state index contributed by atoms with van der Waals surface area (Å²) in [7, 11) is 0. The minimum atomic E-state index is -0.809. The van der Waals surface area contributed by atoms with Gasteiger partial charge in [0.05, 0.1) is 0 Å². The van der Waals surface area contributed by atoms with E-state index in [1.165, 1.54) is 70.6 Å². The van der Waals surface area contributed by atoms with Crippen molar-refractivity contribution in [3.63, 3.8) is 0 Å². The molecule has 0 amide bonds. The monoisotopic (exact) mass is 1090 g/mol. The predicted octanol–water partition coefficient (Wildman–Crippen LogP) is 22.3. The Bertz CT molecular complexity index is 1730. The number of unbranched alkanes of at least 4 members (excludes halogenated alkanes) is 22. The highest BCUT2D eigenvalue weighted by Gasteiger charge is 2.19. The molecule has 446 valence electrons. The summed E-state index contributed by atoms with van der Waals surface area (Å²) in [5.74, 6) is -0.952. The van der Waals surface area contributed by atoms with Crippen LogP contribution in [0.15, 0.2) is 146 Å². The van der Waals surface area contributed by atoms with Crippen molar-refractivity contribution in [3.05, 3.63) is 146 Å². The number of ether oxygens (including phenoxy) is 3. The van der Waals surface area contributed by atoms with Crippen LogP contribution in [-0.2, 0) is 28.6 Å². The van der Waals surface area contributed by atoms with Crippen LogP contribution in [0.5, 0.6) is 0 Å². The van der Waals surface area contributed by atoms with Gasteiger partial charge in [0.1, 0.15) is 13.2 Å². The predicted molar refractivity (Wildman–Crippen MR) is 343 cm³/mol. The molecule has 1 atom stereocenters. The molecule has 0 aliphatic carbocycles. The number of rotatable bonds is 57. The molecule has 0 aromatic rings. The van der Waals surface area contributed by atoms with E-state index in [9.17, 15) is 14.4 Å². The lowest BCUT2D eigenvalue weighted by molar-refractivity contribution is -0.167. The van der Waals surface area contributed by atoms with Crippen molar-refractivity contribution in [1.82, 2.24) is 0 Å². The maximum Gasteiger partial charge on any atom is 0.306 e. The number of esters is 3. The fourth-order valence-corrected chi connectivity index (χ4v) is 8.53. The zero-order valence-electron chi connectivity index (χ0n) is 51.1. The molecule has 0 heterocycles. The number of carbonyl (C=O) groups is 3. The first-order chi connectivity index (χ1) is 39.0. The van der Waals surface area contributed by atoms with Crippen LogP contribution in [0.4, 0.5) is 0 Å². The van der Waals surface area contributed by atoms with Crippen molar-refractivity contribution in [3.8, 4) is 0 Å². The average molecular weight is 1090 g/mol. The summed E-state index contributed by atoms with van der Waals surface area (Å²) < 4.78 is 16.9. The van der Waals surface area contributed by atoms with Crippen LogP contribution in [-0.4, -0.2) is 37.2 Å². The molecule has 0 saturated heterocycles. The van der Waals surface area contributed by atoms with Crippen LogP contribution in [0.2, 0.25) is 0 Å². The number of allylic oxidation sites excluding steroid dienone is 24. The Morgan fingerprint density at radius 1 is 0.266 bits per heavy atom. The molecule has 0 radical (unpaired) electrons. The minimum absolute atomic E-state index is 0.104. The standard InChI is InChI=1S/C73H118O6/c1-4-7-10-13-16-19-22-25-28-30-32-34-36-38-40-42-45-48-51-54-57-60-63-66-72(75)78-69-70(68-77-71(74)65-62-59-56-53-50-47-44-27-24-21-18-15-12-9-6-3)79-73(76)67-64-61-58-55-52-49-46-43-41-39-37-35-33-31-29-26-23-20-17-14-11-8-5-2/h7,9-10,12,16,18-19,21,23,25-28,31-34,37-40,44-45,48,70H,4-6,8,11,13-15,17,20,22,24,29-30,35-36,41-43,46-47,49-69H2,1-3H3/b10-7-,12-9-,19-16-,21-18-,26-23-,28-25-,33-31-,34-32-,39-37-,40-38-,44-27-,48-45-. The zero-order valence-corrected chi connectivity index (χ0v) is 51.1. The van der Waals surface area contributed by atoms with E-state index in [1.807, 2.05) is 0 Å². The normalized spacial score (nSPS) is 13.1. The van der Waals surface area contributed by atoms with Gasteiger partial charge in [-0.05, 0) is 141 Å². The molecule has 0 spiro atoms. The summed E-state index contributed by atoms with van der Waals surface area (Å²) in [6, 6.07) is 0. The van der Waals surface area contributed by atoms with E-state index >= 15 is 0 Å². The van der Waals surface area contributed by atoms with Crippen molar-refractivity contribution >= 4 is 17.9 Å². The smallest absolute Gasteiger partial charge is 0.306 e. The maximum atomic E-state index is 12.9. The molecule has 0 saturated carbocycles. The molecule has 0 fully saturated rings. The van der Waals surface area contributed by atoms with E-state index in [1.54, 1.807) is 0 Å². The van der Waals surface area contributed by atoms with Crippen molar-refractivity contribution in [2.75, 3.05) is 13.2 Å². The fraction of sp³-hybridized carbons (Fsp3) is 0.630. The second-order valence-electron chi connectivity index (χ2n) is 20.9. The summed E-state index contributed by atoms with van der Waals surface area (Å²) >= 11 is 0. The SMILES string of the molecule is CC/C=C\C/C=C\C/C=C\C/C=C\C/C=C\C/C=C\CCCCCCC(=O)OCC(COC(=O)CCCCCCC/C=C\C/C=C\C/C=C\CC)OC(=O)CCCCCCCCCC/C=C\C/C=C\C/C=C\CCCCCCC. The molecule has 1 unspecified atom stereocenters. The molecule has 0 rings (SSSR count). The molecule has 0 aromatic carbocycles. The van der Waals surface area contributed by atoms with E-state index in [-0.39, 0.29) is 31.1 Å². The Hall–Kier alpha value is -4.71. The van der Waals surface area contributed by atoms with Crippen molar-refractivity contribution in [2.24, 2.45) is 0 Å². The second-order valence-corrected chi connectivity index (χ2v) is 20.9. The van der Waals surface area contributed by atoms with Gasteiger partial charge in [-0.3, -0.25) is 14.4 Å². The maximum absolute atomic E-state index is 12.9. The molecule has 0 N–H and O–H groups in total. The Kier molecular flexibility index (Phi) is 61.9. The van der Waals surface area contributed by atoms with Crippen molar-refractivity contribution < 1.29 is 28.6 Å². The highest BCUT2D eigenvalue weighted by molar-refractivity contribution is 5.71. The minimum Gasteiger partial charge on any atom is -0.462 e. The van der Waals surface area contributed by atoms with E-state index in [0.29, 0.717) is 19.3 Å². The zero-order chi connectivity index (χ0) is 57.1. The molecular formula is C73H118O6. The first-order valence-electron chi connectivity index (χ1n) is 32.3. The highest BCUT2D eigenvalue weighted by atomic mass is 16.6. The van der Waals surface area contributed by atoms with Gasteiger partial charge in [0.25, 0.3) is 0 Å². The van der Waals surface area contributed by atoms with Crippen LogP contribution in [0.1, 0.15) is 278 Å². The summed E-state index contributed by atoms with van der Waals surface area (Å²) in [5, 5.41) is 0. The lowest BCUT2D eigenvalue weighted by Gasteiger charge is -2.18. The fourth-order valence-electron chi connectivity index (χ4n) is 8.53. The van der Waals surface area contributed by atoms with Crippen LogP contribution < -0.4 is 0 Å². The third kappa shape index (κ3) is 64.0. The van der Waals surface area contributed by atoms with Gasteiger partial charge in [-0.25, -0.2) is 0 Å². The lowest BCUT2D eigenvalue weighted by atomic mass is 10.1. The second kappa shape index (κ2) is 65.8. The quantitative estimate of drug-likeness (QED) is 0.0261. The number of carbonyl (C=O) groups excluding carboxylic acids is 3. The van der Waals surface area contributed by atoms with Crippen LogP contribution in [0.3, 0.4) is 0 Å². The Balaban J connectivity index is 4.48. The van der Waals surface area contributed by atoms with Gasteiger partial charge in [-0.1, -0.05) is 263 Å². The van der Waals surface area contributed by atoms with Gasteiger partial charge in [0.15, 0.2) is 6.10 Å². The van der Waals surface area contributed by atoms with Crippen molar-refractivity contribution in [1.29, 1.82) is 0 Å². The Morgan fingerprint density at radius 2 is 0.494 bits per heavy atom. The largest absolute Gasteiger partial charge is 0.462 e. The van der Waals surface area contributed by atoms with Gasteiger partial charge in [0.2, 0.25) is 0 Å². The van der Waals surface area contributed by atoms with E-state index < -0.39 is 6.10 Å². The number of hydrogen-bond acceptors (Lipinski definition) is 6. The topological polar surface area (TPSA) is 78.9 Å². The van der Waals surface area contributed by atoms with E-state index in [0.717, 1.165) is 167 Å². The third-order valence-electron chi connectivity index (χ3n) is 13.3. The summed E-state index contributed by atoms with van der Waals surface area (Å²) in [4.78, 5) is 38.4. The molecule has 0 bridgehead atoms. The summed E-state index contributed by atoms with van der Waals surface area (Å²) in [6.07, 6.45) is 94.2. The summed E-state index contributed by atoms with van der Waals surface area (Å²) in [5.41, 5.74) is 0. The Labute approximate surface area is 487 Å². The molecule has 0 aliphatic rings. The van der Waals surface area contributed by atoms with Gasteiger partial charge < -0.3 is 14.2 Å². The highest BCUT2D eigenvalue weighted by Crippen LogP contribution is 2.14. The van der Waals surface area contributed by atoms with Crippen molar-refractivity contribution in [2.45, 2.75) is 284 Å². The average Bonchev–Trinajstić information content (AvgIpc) is 3.45. The van der Waals surface area contributed by atoms with E-state index in [4.69, 9.17) is 14.2 Å². The van der Waals surface area contributed by atoms with Gasteiger partial charge in [-0.2, -0.15) is 0 Å². The van der Waals surface area contributed by atoms with Gasteiger partial charge in [-0.15, -0.1) is 0 Å². The molecule has 0 aliphatic heterocycles. The van der Waals surface area contributed by atoms with Gasteiger partial charge >= 0.3 is 17.9 Å². The molecule has 6 heteroatoms.